The lowest BCUT2D eigenvalue weighted by Gasteiger charge is -2.34. The summed E-state index contributed by atoms with van der Waals surface area (Å²) in [5.74, 6) is 0. The average molecular weight is 1190 g/mol. The predicted octanol–water partition coefficient (Wildman–Crippen LogP) is 25.7. The Bertz CT molecular complexity index is 4460. The van der Waals surface area contributed by atoms with Crippen LogP contribution in [0, 0.1) is 0 Å². The van der Waals surface area contributed by atoms with E-state index in [1.165, 1.54) is 37.9 Å². The fourth-order valence-corrected chi connectivity index (χ4v) is 13.3. The number of furan rings is 1. The second kappa shape index (κ2) is 22.7. The molecule has 444 valence electrons. The molecule has 0 amide bonds. The van der Waals surface area contributed by atoms with E-state index in [1.54, 1.807) is 11.3 Å². The molecule has 6 heteroatoms. The van der Waals surface area contributed by atoms with Gasteiger partial charge in [-0.2, -0.15) is 0 Å². The van der Waals surface area contributed by atoms with Gasteiger partial charge in [0.2, 0.25) is 0 Å². The Kier molecular flexibility index (Phi) is 15.4. The van der Waals surface area contributed by atoms with Crippen LogP contribution >= 0.6 is 22.9 Å². The molecule has 88 heavy (non-hydrogen) atoms. The van der Waals surface area contributed by atoms with Crippen molar-refractivity contribution < 1.29 is 4.42 Å². The van der Waals surface area contributed by atoms with Crippen LogP contribution in [0.25, 0.3) is 54.3 Å². The second-order valence-corrected chi connectivity index (χ2v) is 30.2. The highest BCUT2D eigenvalue weighted by Gasteiger charge is 2.31. The van der Waals surface area contributed by atoms with Crippen LogP contribution < -0.4 is 14.7 Å². The van der Waals surface area contributed by atoms with Crippen LogP contribution in [0.4, 0.5) is 51.2 Å². The molecular weight excluding hydrogens is 1110 g/mol. The van der Waals surface area contributed by atoms with Gasteiger partial charge < -0.3 is 19.1 Å². The summed E-state index contributed by atoms with van der Waals surface area (Å²) in [4.78, 5) is 7.22. The summed E-state index contributed by atoms with van der Waals surface area (Å²) in [5.41, 5.74) is 20.5. The highest BCUT2D eigenvalue weighted by atomic mass is 35.5. The number of rotatable bonds is 11. The Morgan fingerprint density at radius 3 is 1.33 bits per heavy atom. The number of benzene rings is 10. The maximum Gasteiger partial charge on any atom is 0.143 e. The van der Waals surface area contributed by atoms with Crippen LogP contribution in [-0.2, 0) is 27.1 Å². The third-order valence-corrected chi connectivity index (χ3v) is 18.7. The lowest BCUT2D eigenvalue weighted by molar-refractivity contribution is 0.590. The third-order valence-electron chi connectivity index (χ3n) is 17.4. The Hall–Kier alpha value is -8.35. The van der Waals surface area contributed by atoms with Gasteiger partial charge in [0.05, 0.1) is 27.8 Å². The SMILES string of the molecule is CC(C)(C)c1ccc(N(c2ccc(C(C)(C)C)cc2)c2cccc(N(c3ccc(C(C)(C)C)cc3-c3cccc4c3oc3ccccc34)c3cc(-c4ccccc4)cc(N(c4ccc(C(C)(C)C)cc4)c4csc5ccc(C(C)(C)C)cc45)c3Cl)c2)cc1. The van der Waals surface area contributed by atoms with Gasteiger partial charge in [-0.15, -0.1) is 11.3 Å². The van der Waals surface area contributed by atoms with Gasteiger partial charge in [-0.05, 0) is 163 Å². The van der Waals surface area contributed by atoms with Gasteiger partial charge in [-0.25, -0.2) is 0 Å². The summed E-state index contributed by atoms with van der Waals surface area (Å²) in [5, 5.41) is 6.23. The van der Waals surface area contributed by atoms with E-state index in [1.807, 2.05) is 0 Å². The molecule has 0 aliphatic carbocycles. The van der Waals surface area contributed by atoms with Crippen LogP contribution in [0.15, 0.2) is 228 Å². The molecular formula is C82H82ClN3OS. The molecule has 0 spiro atoms. The molecule has 12 rings (SSSR count). The Labute approximate surface area is 531 Å². The van der Waals surface area contributed by atoms with E-state index >= 15 is 0 Å². The van der Waals surface area contributed by atoms with Crippen LogP contribution in [0.5, 0.6) is 0 Å². The van der Waals surface area contributed by atoms with Crippen molar-refractivity contribution in [2.75, 3.05) is 14.7 Å². The number of hydrogen-bond donors (Lipinski definition) is 0. The lowest BCUT2D eigenvalue weighted by Crippen LogP contribution is -2.18. The minimum Gasteiger partial charge on any atom is -0.455 e. The van der Waals surface area contributed by atoms with E-state index < -0.39 is 0 Å². The molecule has 10 aromatic carbocycles. The maximum absolute atomic E-state index is 8.62. The summed E-state index contributed by atoms with van der Waals surface area (Å²) < 4.78 is 8.21. The minimum absolute atomic E-state index is 0.0190. The Balaban J connectivity index is 1.19. The Morgan fingerprint density at radius 2 is 0.773 bits per heavy atom. The number of nitrogens with zero attached hydrogens (tertiary/aromatic N) is 3. The second-order valence-electron chi connectivity index (χ2n) is 29.0. The van der Waals surface area contributed by atoms with Crippen LogP contribution in [0.1, 0.15) is 132 Å². The number of halogens is 1. The first kappa shape index (κ1) is 60.0. The van der Waals surface area contributed by atoms with E-state index in [0.717, 1.165) is 95.4 Å². The number of fused-ring (bicyclic) bond motifs is 4. The molecule has 0 radical (unpaired) electrons. The number of thiophene rings is 1. The molecule has 4 nitrogen and oxygen atoms in total. The summed E-state index contributed by atoms with van der Waals surface area (Å²) >= 11 is 10.4. The molecule has 0 atom stereocenters. The van der Waals surface area contributed by atoms with E-state index in [-0.39, 0.29) is 27.1 Å². The van der Waals surface area contributed by atoms with Crippen molar-refractivity contribution in [3.8, 4) is 22.3 Å². The molecule has 2 aromatic heterocycles. The summed E-state index contributed by atoms with van der Waals surface area (Å²) in [6.45, 7) is 34.2. The molecule has 0 fully saturated rings. The number of para-hydroxylation sites is 2. The van der Waals surface area contributed by atoms with E-state index in [9.17, 15) is 0 Å². The molecule has 0 saturated heterocycles. The summed E-state index contributed by atoms with van der Waals surface area (Å²) in [6, 6.07) is 80.6. The number of hydrogen-bond acceptors (Lipinski definition) is 5. The van der Waals surface area contributed by atoms with Crippen LogP contribution in [0.2, 0.25) is 5.02 Å². The van der Waals surface area contributed by atoms with E-state index in [2.05, 4.69) is 342 Å². The average Bonchev–Trinajstić information content (AvgIpc) is 1.28. The fourth-order valence-electron chi connectivity index (χ4n) is 12.1. The highest BCUT2D eigenvalue weighted by Crippen LogP contribution is 2.54. The van der Waals surface area contributed by atoms with Crippen molar-refractivity contribution in [1.29, 1.82) is 0 Å². The molecule has 2 heterocycles. The predicted molar refractivity (Wildman–Crippen MR) is 383 cm³/mol. The first-order valence-corrected chi connectivity index (χ1v) is 32.2. The van der Waals surface area contributed by atoms with Crippen molar-refractivity contribution in [2.24, 2.45) is 0 Å². The fraction of sp³-hybridized carbons (Fsp3) is 0.244. The molecule has 0 saturated carbocycles. The van der Waals surface area contributed by atoms with Crippen molar-refractivity contribution >= 4 is 106 Å². The quantitative estimate of drug-likeness (QED) is 0.129. The van der Waals surface area contributed by atoms with Crippen molar-refractivity contribution in [1.82, 2.24) is 0 Å². The van der Waals surface area contributed by atoms with Crippen molar-refractivity contribution in [3.63, 3.8) is 0 Å². The zero-order valence-corrected chi connectivity index (χ0v) is 55.5. The Morgan fingerprint density at radius 1 is 0.318 bits per heavy atom. The highest BCUT2D eigenvalue weighted by molar-refractivity contribution is 7.17. The molecule has 0 aliphatic heterocycles. The normalized spacial score (nSPS) is 12.5. The first-order chi connectivity index (χ1) is 41.7. The van der Waals surface area contributed by atoms with Gasteiger partial charge in [0.25, 0.3) is 0 Å². The maximum atomic E-state index is 8.62. The zero-order chi connectivity index (χ0) is 62.2. The van der Waals surface area contributed by atoms with Crippen molar-refractivity contribution in [2.45, 2.75) is 131 Å². The van der Waals surface area contributed by atoms with E-state index in [4.69, 9.17) is 16.0 Å². The zero-order valence-electron chi connectivity index (χ0n) is 53.9. The number of anilines is 9. The standard InChI is InChI=1S/C82H82ClN3OS/c1-78(2,3)55-31-39-60(40-32-55)84(61-41-33-56(34-42-61)79(4,5)6)63-25-21-26-64(51-63)86(70-45-37-58(81(10,11)12)49-68(70)67-29-22-28-66-65-27-19-20-30-74(65)87-77(66)67)72-48-54(53-23-17-16-18-24-53)47-71(76(72)83)85(62-43-35-57(36-44-62)80(7,8)9)73-52-88-75-46-38-59(50-69(73)75)82(13,14)15/h16-52H,1-15H3. The van der Waals surface area contributed by atoms with Gasteiger partial charge in [-0.1, -0.05) is 237 Å². The van der Waals surface area contributed by atoms with Crippen LogP contribution in [-0.4, -0.2) is 0 Å². The smallest absolute Gasteiger partial charge is 0.143 e. The van der Waals surface area contributed by atoms with Gasteiger partial charge >= 0.3 is 0 Å². The monoisotopic (exact) mass is 1190 g/mol. The molecule has 0 bridgehead atoms. The molecule has 12 aromatic rings. The third kappa shape index (κ3) is 11.7. The van der Waals surface area contributed by atoms with E-state index in [0.29, 0.717) is 5.02 Å². The molecule has 0 aliphatic rings. The molecule has 0 unspecified atom stereocenters. The summed E-state index contributed by atoms with van der Waals surface area (Å²) in [7, 11) is 0. The van der Waals surface area contributed by atoms with Crippen molar-refractivity contribution in [3.05, 3.63) is 257 Å². The van der Waals surface area contributed by atoms with Gasteiger partial charge in [0, 0.05) is 65.8 Å². The largest absolute Gasteiger partial charge is 0.455 e. The van der Waals surface area contributed by atoms with Gasteiger partial charge in [0.15, 0.2) is 0 Å². The van der Waals surface area contributed by atoms with Crippen LogP contribution in [0.3, 0.4) is 0 Å². The van der Waals surface area contributed by atoms with Gasteiger partial charge in [0.1, 0.15) is 11.2 Å². The van der Waals surface area contributed by atoms with Gasteiger partial charge in [-0.3, -0.25) is 0 Å². The summed E-state index contributed by atoms with van der Waals surface area (Å²) in [6.07, 6.45) is 0. The minimum atomic E-state index is -0.192. The molecule has 0 N–H and O–H groups in total. The first-order valence-electron chi connectivity index (χ1n) is 31.0. The lowest BCUT2D eigenvalue weighted by atomic mass is 9.84. The topological polar surface area (TPSA) is 22.9 Å².